The molecule has 0 heterocycles. The van der Waals surface area contributed by atoms with E-state index in [1.165, 1.54) is 5.56 Å². The molecule has 4 nitrogen and oxygen atoms in total. The van der Waals surface area contributed by atoms with Crippen LogP contribution in [0.15, 0.2) is 18.2 Å². The maximum atomic E-state index is 11.0. The smallest absolute Gasteiger partial charge is 0.234 e. The van der Waals surface area contributed by atoms with E-state index in [0.717, 1.165) is 11.3 Å². The maximum absolute atomic E-state index is 11.0. The van der Waals surface area contributed by atoms with Crippen LogP contribution in [-0.2, 0) is 10.2 Å². The van der Waals surface area contributed by atoms with E-state index in [9.17, 15) is 4.79 Å². The number of ether oxygens (including phenoxy) is 1. The lowest BCUT2D eigenvalue weighted by Crippen LogP contribution is -2.29. The molecule has 0 aromatic heterocycles. The molecule has 1 aromatic rings. The first kappa shape index (κ1) is 15.5. The van der Waals surface area contributed by atoms with Gasteiger partial charge in [-0.2, -0.15) is 0 Å². The van der Waals surface area contributed by atoms with Crippen molar-refractivity contribution in [3.05, 3.63) is 29.3 Å². The standard InChI is InChI=1S/C15H24N2O2/c1-11-10-12(15(2,3)4)7-8-13(11)19-9-5-6-14(18)17-16/h7-8,10H,5-6,9,16H2,1-4H3,(H,17,18). The highest BCUT2D eigenvalue weighted by Crippen LogP contribution is 2.27. The molecule has 0 atom stereocenters. The number of carbonyl (C=O) groups is 1. The summed E-state index contributed by atoms with van der Waals surface area (Å²) in [6.07, 6.45) is 1.04. The number of nitrogens with one attached hydrogen (secondary N) is 1. The lowest BCUT2D eigenvalue weighted by atomic mass is 9.86. The van der Waals surface area contributed by atoms with Crippen molar-refractivity contribution in [3.8, 4) is 5.75 Å². The Bertz CT molecular complexity index is 436. The van der Waals surface area contributed by atoms with Crippen LogP contribution in [0.4, 0.5) is 0 Å². The van der Waals surface area contributed by atoms with Crippen LogP contribution >= 0.6 is 0 Å². The topological polar surface area (TPSA) is 64.3 Å². The maximum Gasteiger partial charge on any atom is 0.234 e. The second-order valence-electron chi connectivity index (χ2n) is 5.75. The van der Waals surface area contributed by atoms with Crippen molar-refractivity contribution in [2.45, 2.75) is 46.0 Å². The number of amides is 1. The summed E-state index contributed by atoms with van der Waals surface area (Å²) in [7, 11) is 0. The van der Waals surface area contributed by atoms with E-state index in [1.807, 2.05) is 13.0 Å². The van der Waals surface area contributed by atoms with Crippen molar-refractivity contribution >= 4 is 5.91 Å². The Morgan fingerprint density at radius 3 is 2.58 bits per heavy atom. The van der Waals surface area contributed by atoms with Crippen molar-refractivity contribution in [2.24, 2.45) is 5.84 Å². The Hall–Kier alpha value is -1.55. The zero-order valence-corrected chi connectivity index (χ0v) is 12.2. The second-order valence-corrected chi connectivity index (χ2v) is 5.75. The van der Waals surface area contributed by atoms with Crippen LogP contribution in [-0.4, -0.2) is 12.5 Å². The Morgan fingerprint density at radius 1 is 1.37 bits per heavy atom. The van der Waals surface area contributed by atoms with Gasteiger partial charge in [0.2, 0.25) is 5.91 Å². The van der Waals surface area contributed by atoms with Gasteiger partial charge in [0.05, 0.1) is 6.61 Å². The Labute approximate surface area is 115 Å². The summed E-state index contributed by atoms with van der Waals surface area (Å²) >= 11 is 0. The van der Waals surface area contributed by atoms with Gasteiger partial charge in [0.25, 0.3) is 0 Å². The minimum absolute atomic E-state index is 0.141. The number of aryl methyl sites for hydroxylation is 1. The molecule has 106 valence electrons. The minimum Gasteiger partial charge on any atom is -0.493 e. The Balaban J connectivity index is 2.54. The highest BCUT2D eigenvalue weighted by molar-refractivity contribution is 5.75. The summed E-state index contributed by atoms with van der Waals surface area (Å²) in [5.41, 5.74) is 4.66. The molecule has 19 heavy (non-hydrogen) atoms. The van der Waals surface area contributed by atoms with E-state index in [1.54, 1.807) is 0 Å². The van der Waals surface area contributed by atoms with Crippen LogP contribution in [0.3, 0.4) is 0 Å². The van der Waals surface area contributed by atoms with Gasteiger partial charge in [0.15, 0.2) is 0 Å². The highest BCUT2D eigenvalue weighted by atomic mass is 16.5. The molecule has 1 amide bonds. The zero-order valence-electron chi connectivity index (χ0n) is 12.2. The third-order valence-corrected chi connectivity index (χ3v) is 3.01. The number of hydrazine groups is 1. The molecule has 0 unspecified atom stereocenters. The van der Waals surface area contributed by atoms with Crippen LogP contribution in [0.5, 0.6) is 5.75 Å². The molecule has 0 saturated heterocycles. The fourth-order valence-electron chi connectivity index (χ4n) is 1.76. The summed E-state index contributed by atoms with van der Waals surface area (Å²) in [6.45, 7) is 9.12. The van der Waals surface area contributed by atoms with E-state index in [0.29, 0.717) is 19.4 Å². The molecule has 0 spiro atoms. The quantitative estimate of drug-likeness (QED) is 0.371. The lowest BCUT2D eigenvalue weighted by molar-refractivity contribution is -0.121. The molecule has 0 aliphatic rings. The molecular weight excluding hydrogens is 240 g/mol. The van der Waals surface area contributed by atoms with Gasteiger partial charge in [-0.1, -0.05) is 32.9 Å². The normalized spacial score (nSPS) is 11.2. The highest BCUT2D eigenvalue weighted by Gasteiger charge is 2.14. The van der Waals surface area contributed by atoms with Gasteiger partial charge in [-0.15, -0.1) is 0 Å². The largest absolute Gasteiger partial charge is 0.493 e. The fourth-order valence-corrected chi connectivity index (χ4v) is 1.76. The van der Waals surface area contributed by atoms with Crippen LogP contribution in [0.25, 0.3) is 0 Å². The number of benzene rings is 1. The Kier molecular flexibility index (Phi) is 5.36. The SMILES string of the molecule is Cc1cc(C(C)(C)C)ccc1OCCCC(=O)NN. The van der Waals surface area contributed by atoms with E-state index in [2.05, 4.69) is 38.3 Å². The molecule has 3 N–H and O–H groups in total. The van der Waals surface area contributed by atoms with Crippen molar-refractivity contribution < 1.29 is 9.53 Å². The van der Waals surface area contributed by atoms with E-state index in [-0.39, 0.29) is 11.3 Å². The van der Waals surface area contributed by atoms with Crippen LogP contribution < -0.4 is 16.0 Å². The zero-order chi connectivity index (χ0) is 14.5. The van der Waals surface area contributed by atoms with Crippen LogP contribution in [0, 0.1) is 6.92 Å². The van der Waals surface area contributed by atoms with E-state index < -0.39 is 0 Å². The number of hydrogen-bond acceptors (Lipinski definition) is 3. The first-order valence-corrected chi connectivity index (χ1v) is 6.58. The summed E-state index contributed by atoms with van der Waals surface area (Å²) in [6, 6.07) is 6.25. The van der Waals surface area contributed by atoms with Gasteiger partial charge in [-0.3, -0.25) is 10.2 Å². The Morgan fingerprint density at radius 2 is 2.05 bits per heavy atom. The molecule has 1 rings (SSSR count). The van der Waals surface area contributed by atoms with Gasteiger partial charge in [0, 0.05) is 6.42 Å². The third kappa shape index (κ3) is 4.91. The molecule has 0 fully saturated rings. The summed E-state index contributed by atoms with van der Waals surface area (Å²) < 4.78 is 5.68. The molecule has 0 saturated carbocycles. The number of nitrogens with two attached hydrogens (primary N) is 1. The first-order valence-electron chi connectivity index (χ1n) is 6.58. The van der Waals surface area contributed by atoms with E-state index in [4.69, 9.17) is 10.6 Å². The van der Waals surface area contributed by atoms with Crippen LogP contribution in [0.2, 0.25) is 0 Å². The second kappa shape index (κ2) is 6.57. The van der Waals surface area contributed by atoms with Crippen molar-refractivity contribution in [3.63, 3.8) is 0 Å². The number of carbonyl (C=O) groups excluding carboxylic acids is 1. The van der Waals surface area contributed by atoms with Gasteiger partial charge >= 0.3 is 0 Å². The molecule has 1 aromatic carbocycles. The molecule has 0 bridgehead atoms. The van der Waals surface area contributed by atoms with Crippen molar-refractivity contribution in [1.82, 2.24) is 5.43 Å². The van der Waals surface area contributed by atoms with Crippen molar-refractivity contribution in [2.75, 3.05) is 6.61 Å². The molecular formula is C15H24N2O2. The number of hydrogen-bond donors (Lipinski definition) is 2. The van der Waals surface area contributed by atoms with Crippen molar-refractivity contribution in [1.29, 1.82) is 0 Å². The first-order chi connectivity index (χ1) is 8.84. The minimum atomic E-state index is -0.164. The molecule has 0 aliphatic carbocycles. The molecule has 0 radical (unpaired) electrons. The fraction of sp³-hybridized carbons (Fsp3) is 0.533. The van der Waals surface area contributed by atoms with Gasteiger partial charge < -0.3 is 4.74 Å². The lowest BCUT2D eigenvalue weighted by Gasteiger charge is -2.20. The average molecular weight is 264 g/mol. The summed E-state index contributed by atoms with van der Waals surface area (Å²) in [5, 5.41) is 0. The van der Waals surface area contributed by atoms with Gasteiger partial charge in [-0.05, 0) is 36.0 Å². The monoisotopic (exact) mass is 264 g/mol. The molecule has 4 heteroatoms. The van der Waals surface area contributed by atoms with Gasteiger partial charge in [0.1, 0.15) is 5.75 Å². The molecule has 0 aliphatic heterocycles. The summed E-state index contributed by atoms with van der Waals surface area (Å²) in [5.74, 6) is 5.72. The predicted molar refractivity (Wildman–Crippen MR) is 76.9 cm³/mol. The van der Waals surface area contributed by atoms with Gasteiger partial charge in [-0.25, -0.2) is 5.84 Å². The summed E-state index contributed by atoms with van der Waals surface area (Å²) in [4.78, 5) is 11.0. The predicted octanol–water partition coefficient (Wildman–Crippen LogP) is 2.44. The average Bonchev–Trinajstić information content (AvgIpc) is 2.34. The third-order valence-electron chi connectivity index (χ3n) is 3.01. The van der Waals surface area contributed by atoms with Crippen LogP contribution in [0.1, 0.15) is 44.7 Å². The van der Waals surface area contributed by atoms with E-state index >= 15 is 0 Å². The number of rotatable bonds is 5.